The van der Waals surface area contributed by atoms with Gasteiger partial charge in [-0.3, -0.25) is 19.4 Å². The third-order valence-corrected chi connectivity index (χ3v) is 4.92. The number of benzene rings is 2. The summed E-state index contributed by atoms with van der Waals surface area (Å²) < 4.78 is 0. The van der Waals surface area contributed by atoms with E-state index in [2.05, 4.69) is 10.3 Å². The fraction of sp³-hybridized carbons (Fsp3) is 0.250. The van der Waals surface area contributed by atoms with Gasteiger partial charge in [0.2, 0.25) is 5.91 Å². The first-order valence-electron chi connectivity index (χ1n) is 10.1. The predicted octanol–water partition coefficient (Wildman–Crippen LogP) is 2.38. The van der Waals surface area contributed by atoms with Crippen LogP contribution in [0.25, 0.3) is 5.57 Å². The Bertz CT molecular complexity index is 1050. The van der Waals surface area contributed by atoms with Crippen LogP contribution in [0.3, 0.4) is 0 Å². The Kier molecular flexibility index (Phi) is 8.29. The molecule has 0 bridgehead atoms. The van der Waals surface area contributed by atoms with Crippen molar-refractivity contribution >= 4 is 29.4 Å². The minimum atomic E-state index is -1.08. The number of amides is 2. The smallest absolute Gasteiger partial charge is 0.259 e. The number of phenols is 2. The number of ketones is 1. The lowest BCUT2D eigenvalue weighted by Crippen LogP contribution is -2.45. The number of rotatable bonds is 9. The number of carbonyl (C=O) groups excluding carboxylic acids is 3. The molecule has 0 spiro atoms. The zero-order valence-electron chi connectivity index (χ0n) is 18.3. The van der Waals surface area contributed by atoms with Crippen LogP contribution in [0.5, 0.6) is 11.5 Å². The molecule has 0 aromatic heterocycles. The lowest BCUT2D eigenvalue weighted by Gasteiger charge is -2.17. The molecule has 8 nitrogen and oxygen atoms in total. The normalized spacial score (nSPS) is 12.8. The molecule has 0 radical (unpaired) electrons. The number of nitrogens with one attached hydrogen (secondary N) is 1. The Balaban J connectivity index is 2.27. The summed E-state index contributed by atoms with van der Waals surface area (Å²) in [4.78, 5) is 40.6. The van der Waals surface area contributed by atoms with Crippen LogP contribution in [0.15, 0.2) is 53.0 Å². The number of primary amides is 1. The number of aliphatic imine (C=N–C) groups is 1. The molecule has 2 amide bonds. The third kappa shape index (κ3) is 5.81. The summed E-state index contributed by atoms with van der Waals surface area (Å²) in [7, 11) is 1.64. The monoisotopic (exact) mass is 437 g/mol. The summed E-state index contributed by atoms with van der Waals surface area (Å²) in [6.45, 7) is 3.44. The van der Waals surface area contributed by atoms with Gasteiger partial charge in [0.1, 0.15) is 23.1 Å². The van der Waals surface area contributed by atoms with Crippen LogP contribution in [-0.4, -0.2) is 47.1 Å². The zero-order chi connectivity index (χ0) is 23.8. The van der Waals surface area contributed by atoms with Crippen LogP contribution in [-0.2, 0) is 16.0 Å². The van der Waals surface area contributed by atoms with Crippen molar-refractivity contribution in [3.8, 4) is 11.5 Å². The van der Waals surface area contributed by atoms with Gasteiger partial charge in [-0.25, -0.2) is 0 Å². The van der Waals surface area contributed by atoms with Gasteiger partial charge in [-0.15, -0.1) is 0 Å². The number of hydrogen-bond acceptors (Lipinski definition) is 6. The van der Waals surface area contributed by atoms with Gasteiger partial charge in [0.25, 0.3) is 5.91 Å². The number of nitrogens with two attached hydrogens (primary N) is 1. The summed E-state index contributed by atoms with van der Waals surface area (Å²) in [5.74, 6) is -2.51. The van der Waals surface area contributed by atoms with Crippen molar-refractivity contribution in [3.63, 3.8) is 0 Å². The van der Waals surface area contributed by atoms with Gasteiger partial charge < -0.3 is 21.3 Å². The summed E-state index contributed by atoms with van der Waals surface area (Å²) in [5, 5.41) is 22.2. The van der Waals surface area contributed by atoms with Crippen molar-refractivity contribution in [3.05, 3.63) is 64.7 Å². The van der Waals surface area contributed by atoms with E-state index in [1.807, 2.05) is 6.92 Å². The molecule has 2 aromatic carbocycles. The number of allylic oxidation sites excluding steroid dienone is 2. The molecule has 168 valence electrons. The van der Waals surface area contributed by atoms with E-state index in [0.717, 1.165) is 11.1 Å². The van der Waals surface area contributed by atoms with Crippen LogP contribution in [0.1, 0.15) is 41.8 Å². The quantitative estimate of drug-likeness (QED) is 0.352. The molecule has 32 heavy (non-hydrogen) atoms. The van der Waals surface area contributed by atoms with Crippen molar-refractivity contribution < 1.29 is 24.6 Å². The average Bonchev–Trinajstić information content (AvgIpc) is 2.73. The number of nitrogens with zero attached hydrogens (tertiary/aromatic N) is 1. The van der Waals surface area contributed by atoms with Crippen LogP contribution in [0.4, 0.5) is 0 Å². The topological polar surface area (TPSA) is 142 Å². The highest BCUT2D eigenvalue weighted by atomic mass is 16.3. The van der Waals surface area contributed by atoms with Gasteiger partial charge in [-0.1, -0.05) is 37.3 Å². The molecule has 0 aliphatic rings. The number of phenolic OH excluding ortho intramolecular Hbond substituents is 2. The molecule has 0 aliphatic carbocycles. The maximum atomic E-state index is 12.5. The fourth-order valence-corrected chi connectivity index (χ4v) is 3.36. The van der Waals surface area contributed by atoms with E-state index < -0.39 is 29.4 Å². The highest BCUT2D eigenvalue weighted by molar-refractivity contribution is 6.24. The molecule has 2 aromatic rings. The van der Waals surface area contributed by atoms with E-state index in [9.17, 15) is 24.6 Å². The van der Waals surface area contributed by atoms with Gasteiger partial charge in [-0.05, 0) is 42.2 Å². The summed E-state index contributed by atoms with van der Waals surface area (Å²) >= 11 is 0. The first kappa shape index (κ1) is 24.3. The Labute approximate surface area is 186 Å². The van der Waals surface area contributed by atoms with Crippen LogP contribution < -0.4 is 11.1 Å². The van der Waals surface area contributed by atoms with E-state index in [0.29, 0.717) is 17.6 Å². The van der Waals surface area contributed by atoms with Gasteiger partial charge in [0, 0.05) is 25.3 Å². The van der Waals surface area contributed by atoms with Crippen molar-refractivity contribution in [1.82, 2.24) is 5.32 Å². The predicted molar refractivity (Wildman–Crippen MR) is 123 cm³/mol. The Hall–Kier alpha value is -3.94. The lowest BCUT2D eigenvalue weighted by atomic mass is 9.94. The standard InChI is InChI=1S/C24H27N3O5/c1-4-16(13-26-3)21(14(2)28)17-10-8-15(9-11-17)12-18(23(25)31)27-24(32)22-19(29)6-5-7-20(22)30/h5-11,13,18,29-30H,4,12H2,1-3H3,(H2,25,31)(H,27,32)/b21-16+,26-13?/t18-/m0/s1. The summed E-state index contributed by atoms with van der Waals surface area (Å²) in [5.41, 5.74) is 7.92. The molecule has 1 atom stereocenters. The van der Waals surface area contributed by atoms with Gasteiger partial charge in [0.15, 0.2) is 5.78 Å². The summed E-state index contributed by atoms with van der Waals surface area (Å²) in [6, 6.07) is 9.83. The van der Waals surface area contributed by atoms with Gasteiger partial charge in [0.05, 0.1) is 0 Å². The minimum absolute atomic E-state index is 0.0840. The fourth-order valence-electron chi connectivity index (χ4n) is 3.36. The van der Waals surface area contributed by atoms with E-state index in [1.54, 1.807) is 37.5 Å². The Morgan fingerprint density at radius 3 is 2.16 bits per heavy atom. The third-order valence-electron chi connectivity index (χ3n) is 4.92. The number of aromatic hydroxyl groups is 2. The molecule has 0 saturated heterocycles. The SMILES string of the molecule is CC/C(C=NC)=C(/C(C)=O)c1ccc(C[C@H](NC(=O)c2c(O)cccc2O)C(N)=O)cc1. The lowest BCUT2D eigenvalue weighted by molar-refractivity contribution is -0.119. The van der Waals surface area contributed by atoms with Crippen molar-refractivity contribution in [1.29, 1.82) is 0 Å². The molecule has 0 unspecified atom stereocenters. The molecule has 8 heteroatoms. The molecule has 0 aliphatic heterocycles. The zero-order valence-corrected chi connectivity index (χ0v) is 18.3. The molecule has 2 rings (SSSR count). The van der Waals surface area contributed by atoms with Gasteiger partial charge >= 0.3 is 0 Å². The van der Waals surface area contributed by atoms with E-state index in [1.165, 1.54) is 25.1 Å². The molecule has 0 fully saturated rings. The Morgan fingerprint density at radius 1 is 1.09 bits per heavy atom. The summed E-state index contributed by atoms with van der Waals surface area (Å²) in [6.07, 6.45) is 2.40. The van der Waals surface area contributed by atoms with Crippen LogP contribution in [0, 0.1) is 0 Å². The second-order valence-electron chi connectivity index (χ2n) is 7.20. The van der Waals surface area contributed by atoms with Crippen LogP contribution >= 0.6 is 0 Å². The van der Waals surface area contributed by atoms with Crippen molar-refractivity contribution in [2.24, 2.45) is 10.7 Å². The number of carbonyl (C=O) groups is 3. The maximum Gasteiger partial charge on any atom is 0.259 e. The maximum absolute atomic E-state index is 12.5. The molecule has 5 N–H and O–H groups in total. The van der Waals surface area contributed by atoms with E-state index in [4.69, 9.17) is 5.73 Å². The first-order chi connectivity index (χ1) is 15.2. The number of Topliss-reactive ketones (excluding diaryl/α,β-unsaturated/α-hetero) is 1. The highest BCUT2D eigenvalue weighted by Gasteiger charge is 2.23. The Morgan fingerprint density at radius 2 is 1.69 bits per heavy atom. The molecular formula is C24H27N3O5. The van der Waals surface area contributed by atoms with Crippen molar-refractivity contribution in [2.75, 3.05) is 7.05 Å². The molecular weight excluding hydrogens is 410 g/mol. The van der Waals surface area contributed by atoms with E-state index >= 15 is 0 Å². The minimum Gasteiger partial charge on any atom is -0.507 e. The molecule has 0 heterocycles. The molecule has 0 saturated carbocycles. The second-order valence-corrected chi connectivity index (χ2v) is 7.20. The first-order valence-corrected chi connectivity index (χ1v) is 10.1. The largest absolute Gasteiger partial charge is 0.507 e. The van der Waals surface area contributed by atoms with Crippen LogP contribution in [0.2, 0.25) is 0 Å². The van der Waals surface area contributed by atoms with E-state index in [-0.39, 0.29) is 17.8 Å². The number of hydrogen-bond donors (Lipinski definition) is 4. The second kappa shape index (κ2) is 10.9. The van der Waals surface area contributed by atoms with Crippen molar-refractivity contribution in [2.45, 2.75) is 32.7 Å². The average molecular weight is 437 g/mol. The highest BCUT2D eigenvalue weighted by Crippen LogP contribution is 2.26. The van der Waals surface area contributed by atoms with Gasteiger partial charge in [-0.2, -0.15) is 0 Å².